The van der Waals surface area contributed by atoms with E-state index in [4.69, 9.17) is 0 Å². The smallest absolute Gasteiger partial charge is 0.256 e. The van der Waals surface area contributed by atoms with Gasteiger partial charge >= 0.3 is 0 Å². The molecule has 3 rings (SSSR count). The number of carbonyl (C=O) groups excluding carboxylic acids is 1. The van der Waals surface area contributed by atoms with E-state index in [0.717, 1.165) is 23.2 Å². The summed E-state index contributed by atoms with van der Waals surface area (Å²) in [7, 11) is 0. The van der Waals surface area contributed by atoms with Crippen LogP contribution in [0.25, 0.3) is 6.08 Å². The van der Waals surface area contributed by atoms with Gasteiger partial charge in [0.25, 0.3) is 5.91 Å². The molecule has 78 valence electrons. The molecule has 1 N–H and O–H groups in total. The van der Waals surface area contributed by atoms with Crippen LogP contribution in [0.2, 0.25) is 0 Å². The molecule has 0 unspecified atom stereocenters. The van der Waals surface area contributed by atoms with E-state index >= 15 is 0 Å². The Morgan fingerprint density at radius 1 is 1.19 bits per heavy atom. The minimum atomic E-state index is -0.0246. The second-order valence-electron chi connectivity index (χ2n) is 3.92. The number of carbonyl (C=O) groups is 1. The molecule has 0 aromatic heterocycles. The molecule has 1 aromatic carbocycles. The number of hydrogen-bond acceptors (Lipinski definition) is 1. The molecule has 1 aliphatic heterocycles. The summed E-state index contributed by atoms with van der Waals surface area (Å²) in [6.07, 6.45) is 8.97. The van der Waals surface area contributed by atoms with Gasteiger partial charge < -0.3 is 5.32 Å². The highest BCUT2D eigenvalue weighted by Gasteiger charge is 2.18. The molecule has 2 heteroatoms. The minimum Gasteiger partial charge on any atom is -0.322 e. The highest BCUT2D eigenvalue weighted by atomic mass is 16.1. The maximum atomic E-state index is 12.0. The van der Waals surface area contributed by atoms with Gasteiger partial charge in [-0.15, -0.1) is 0 Å². The molecule has 0 atom stereocenters. The molecule has 0 fully saturated rings. The van der Waals surface area contributed by atoms with Crippen molar-refractivity contribution in [2.24, 2.45) is 0 Å². The van der Waals surface area contributed by atoms with Gasteiger partial charge in [-0.25, -0.2) is 0 Å². The summed E-state index contributed by atoms with van der Waals surface area (Å²) in [4.78, 5) is 12.0. The molecule has 16 heavy (non-hydrogen) atoms. The topological polar surface area (TPSA) is 29.1 Å². The lowest BCUT2D eigenvalue weighted by atomic mass is 10.0. The number of hydrogen-bond donors (Lipinski definition) is 1. The summed E-state index contributed by atoms with van der Waals surface area (Å²) < 4.78 is 0. The maximum Gasteiger partial charge on any atom is 0.256 e. The van der Waals surface area contributed by atoms with Gasteiger partial charge in [0.2, 0.25) is 0 Å². The minimum absolute atomic E-state index is 0.0246. The lowest BCUT2D eigenvalue weighted by Crippen LogP contribution is -2.23. The van der Waals surface area contributed by atoms with Crippen molar-refractivity contribution in [1.82, 2.24) is 5.32 Å². The Kier molecular flexibility index (Phi) is 2.00. The van der Waals surface area contributed by atoms with Crippen molar-refractivity contribution in [3.63, 3.8) is 0 Å². The van der Waals surface area contributed by atoms with Gasteiger partial charge in [-0.05, 0) is 35.8 Å². The molecule has 0 radical (unpaired) electrons. The van der Waals surface area contributed by atoms with Gasteiger partial charge in [0.05, 0.1) is 0 Å². The Balaban J connectivity index is 2.19. The monoisotopic (exact) mass is 209 g/mol. The van der Waals surface area contributed by atoms with Crippen LogP contribution < -0.4 is 5.32 Å². The van der Waals surface area contributed by atoms with Crippen molar-refractivity contribution in [2.45, 2.75) is 6.42 Å². The van der Waals surface area contributed by atoms with E-state index in [1.165, 1.54) is 5.57 Å². The van der Waals surface area contributed by atoms with Crippen LogP contribution in [0, 0.1) is 0 Å². The molecule has 2 aliphatic rings. The molecule has 1 amide bonds. The van der Waals surface area contributed by atoms with E-state index in [1.807, 2.05) is 36.4 Å². The predicted octanol–water partition coefficient (Wildman–Crippen LogP) is 2.66. The van der Waals surface area contributed by atoms with Gasteiger partial charge in [0, 0.05) is 11.3 Å². The zero-order valence-electron chi connectivity index (χ0n) is 8.73. The summed E-state index contributed by atoms with van der Waals surface area (Å²) in [5.41, 5.74) is 3.82. The van der Waals surface area contributed by atoms with Gasteiger partial charge in [-0.3, -0.25) is 4.79 Å². The first-order chi connectivity index (χ1) is 7.84. The summed E-state index contributed by atoms with van der Waals surface area (Å²) in [5, 5.41) is 2.94. The highest BCUT2D eigenvalue weighted by molar-refractivity contribution is 6.01. The van der Waals surface area contributed by atoms with Crippen LogP contribution in [0.5, 0.6) is 0 Å². The van der Waals surface area contributed by atoms with Gasteiger partial charge in [0.1, 0.15) is 0 Å². The number of fused-ring (bicyclic) bond motifs is 2. The van der Waals surface area contributed by atoms with E-state index < -0.39 is 0 Å². The van der Waals surface area contributed by atoms with Gasteiger partial charge in [0.15, 0.2) is 0 Å². The fourth-order valence-electron chi connectivity index (χ4n) is 2.04. The number of benzene rings is 1. The highest BCUT2D eigenvalue weighted by Crippen LogP contribution is 2.25. The fraction of sp³-hybridized carbons (Fsp3) is 0.0714. The molecule has 0 bridgehead atoms. The Hall–Kier alpha value is -2.09. The van der Waals surface area contributed by atoms with Crippen LogP contribution in [-0.4, -0.2) is 5.91 Å². The molecule has 0 spiro atoms. The van der Waals surface area contributed by atoms with E-state index in [-0.39, 0.29) is 5.91 Å². The number of rotatable bonds is 0. The average molecular weight is 209 g/mol. The Morgan fingerprint density at radius 3 is 3.00 bits per heavy atom. The molecule has 1 heterocycles. The SMILES string of the molecule is O=C1NC2=CC=CCC2=Cc2ccccc21. The summed E-state index contributed by atoms with van der Waals surface area (Å²) >= 11 is 0. The Morgan fingerprint density at radius 2 is 2.06 bits per heavy atom. The normalized spacial score (nSPS) is 17.6. The first-order valence-electron chi connectivity index (χ1n) is 5.33. The van der Waals surface area contributed by atoms with E-state index in [9.17, 15) is 4.79 Å². The molecule has 0 saturated carbocycles. The predicted molar refractivity (Wildman–Crippen MR) is 63.7 cm³/mol. The largest absolute Gasteiger partial charge is 0.322 e. The number of allylic oxidation sites excluding steroid dienone is 4. The maximum absolute atomic E-state index is 12.0. The van der Waals surface area contributed by atoms with Crippen LogP contribution in [0.1, 0.15) is 22.3 Å². The molecule has 1 aromatic rings. The quantitative estimate of drug-likeness (QED) is 0.699. The third kappa shape index (κ3) is 1.39. The number of nitrogens with one attached hydrogen (secondary N) is 1. The Labute approximate surface area is 94.0 Å². The molecular formula is C14H11NO. The van der Waals surface area contributed by atoms with Gasteiger partial charge in [-0.2, -0.15) is 0 Å². The fourth-order valence-corrected chi connectivity index (χ4v) is 2.04. The van der Waals surface area contributed by atoms with Crippen LogP contribution in [0.3, 0.4) is 0 Å². The van der Waals surface area contributed by atoms with Crippen molar-refractivity contribution in [3.05, 3.63) is 64.9 Å². The third-order valence-electron chi connectivity index (χ3n) is 2.87. The van der Waals surface area contributed by atoms with Crippen molar-refractivity contribution in [1.29, 1.82) is 0 Å². The molecule has 2 nitrogen and oxygen atoms in total. The van der Waals surface area contributed by atoms with Crippen LogP contribution in [0.4, 0.5) is 0 Å². The third-order valence-corrected chi connectivity index (χ3v) is 2.87. The van der Waals surface area contributed by atoms with Crippen molar-refractivity contribution in [3.8, 4) is 0 Å². The summed E-state index contributed by atoms with van der Waals surface area (Å²) in [5.74, 6) is -0.0246. The van der Waals surface area contributed by atoms with Crippen LogP contribution >= 0.6 is 0 Å². The van der Waals surface area contributed by atoms with E-state index in [2.05, 4.69) is 17.5 Å². The second-order valence-corrected chi connectivity index (χ2v) is 3.92. The molecule has 1 aliphatic carbocycles. The first-order valence-corrected chi connectivity index (χ1v) is 5.33. The summed E-state index contributed by atoms with van der Waals surface area (Å²) in [6, 6.07) is 7.67. The van der Waals surface area contributed by atoms with Crippen molar-refractivity contribution in [2.75, 3.05) is 0 Å². The second kappa shape index (κ2) is 3.49. The Bertz CT molecular complexity index is 550. The number of amides is 1. The van der Waals surface area contributed by atoms with Crippen molar-refractivity contribution >= 4 is 12.0 Å². The summed E-state index contributed by atoms with van der Waals surface area (Å²) in [6.45, 7) is 0. The van der Waals surface area contributed by atoms with E-state index in [1.54, 1.807) is 0 Å². The molecule has 0 saturated heterocycles. The van der Waals surface area contributed by atoms with Crippen molar-refractivity contribution < 1.29 is 4.79 Å². The zero-order chi connectivity index (χ0) is 11.0. The lowest BCUT2D eigenvalue weighted by Gasteiger charge is -2.11. The lowest BCUT2D eigenvalue weighted by molar-refractivity contribution is 0.0967. The van der Waals surface area contributed by atoms with Crippen LogP contribution in [0.15, 0.2) is 53.8 Å². The molecular weight excluding hydrogens is 198 g/mol. The average Bonchev–Trinajstić information content (AvgIpc) is 2.45. The van der Waals surface area contributed by atoms with Crippen LogP contribution in [-0.2, 0) is 0 Å². The zero-order valence-corrected chi connectivity index (χ0v) is 8.73. The van der Waals surface area contributed by atoms with E-state index in [0.29, 0.717) is 0 Å². The van der Waals surface area contributed by atoms with Gasteiger partial charge in [-0.1, -0.05) is 30.4 Å². The first kappa shape index (κ1) is 9.16. The standard InChI is InChI=1S/C14H11NO/c16-14-12-7-3-1-5-10(12)9-11-6-2-4-8-13(11)15-14/h1-5,7-9H,6H2,(H,15,16).